The molecule has 1 unspecified atom stereocenters. The second kappa shape index (κ2) is 5.93. The minimum atomic E-state index is -0.367. The molecule has 0 aliphatic carbocycles. The topological polar surface area (TPSA) is 72.8 Å². The number of nitrogens with one attached hydrogen (secondary N) is 1. The number of hydrogen-bond acceptors (Lipinski definition) is 4. The molecule has 0 bridgehead atoms. The first kappa shape index (κ1) is 13.7. The Morgan fingerprint density at radius 2 is 2.05 bits per heavy atom. The number of nitrogens with zero attached hydrogens (tertiary/aromatic N) is 1. The lowest BCUT2D eigenvalue weighted by Crippen LogP contribution is -2.40. The van der Waals surface area contributed by atoms with Gasteiger partial charge in [0, 0.05) is 12.6 Å². The summed E-state index contributed by atoms with van der Waals surface area (Å²) < 4.78 is 0. The number of likely N-dealkylation sites (tertiary alicyclic amines) is 1. The summed E-state index contributed by atoms with van der Waals surface area (Å²) in [7, 11) is 0. The van der Waals surface area contributed by atoms with Gasteiger partial charge in [-0.05, 0) is 45.0 Å². The summed E-state index contributed by atoms with van der Waals surface area (Å²) in [5, 5.41) is 21.8. The van der Waals surface area contributed by atoms with Crippen LogP contribution in [-0.2, 0) is 0 Å². The number of carbonyl (C=O) groups is 1. The van der Waals surface area contributed by atoms with E-state index in [4.69, 9.17) is 0 Å². The number of aromatic hydroxyl groups is 2. The number of rotatable bonds is 4. The van der Waals surface area contributed by atoms with Gasteiger partial charge < -0.3 is 15.5 Å². The third kappa shape index (κ3) is 3.17. The van der Waals surface area contributed by atoms with Crippen LogP contribution >= 0.6 is 0 Å². The first-order valence-corrected chi connectivity index (χ1v) is 6.63. The molecule has 0 spiro atoms. The molecule has 0 radical (unpaired) electrons. The Hall–Kier alpha value is -1.75. The van der Waals surface area contributed by atoms with Crippen molar-refractivity contribution in [1.29, 1.82) is 0 Å². The maximum atomic E-state index is 11.9. The van der Waals surface area contributed by atoms with Crippen LogP contribution in [0.25, 0.3) is 0 Å². The molecule has 0 aromatic heterocycles. The second-order valence-corrected chi connectivity index (χ2v) is 4.98. The van der Waals surface area contributed by atoms with E-state index in [0.29, 0.717) is 6.54 Å². The van der Waals surface area contributed by atoms with Crippen molar-refractivity contribution in [1.82, 2.24) is 10.2 Å². The molecule has 1 atom stereocenters. The molecule has 1 amide bonds. The Morgan fingerprint density at radius 3 is 2.74 bits per heavy atom. The van der Waals surface area contributed by atoms with Crippen LogP contribution in [0.2, 0.25) is 0 Å². The molecule has 2 rings (SSSR count). The monoisotopic (exact) mass is 264 g/mol. The molecule has 1 saturated heterocycles. The molecule has 104 valence electrons. The van der Waals surface area contributed by atoms with Gasteiger partial charge in [0.2, 0.25) is 0 Å². The molecular formula is C14H20N2O3. The van der Waals surface area contributed by atoms with Crippen LogP contribution < -0.4 is 5.32 Å². The van der Waals surface area contributed by atoms with Gasteiger partial charge in [0.15, 0.2) is 11.5 Å². The van der Waals surface area contributed by atoms with Crippen LogP contribution in [-0.4, -0.2) is 46.7 Å². The molecule has 1 aliphatic heterocycles. The van der Waals surface area contributed by atoms with E-state index < -0.39 is 0 Å². The third-order valence-corrected chi connectivity index (χ3v) is 3.58. The van der Waals surface area contributed by atoms with Crippen LogP contribution in [0.15, 0.2) is 18.2 Å². The minimum Gasteiger partial charge on any atom is -0.504 e. The van der Waals surface area contributed by atoms with Crippen LogP contribution in [0.5, 0.6) is 11.5 Å². The van der Waals surface area contributed by atoms with Gasteiger partial charge in [-0.3, -0.25) is 9.69 Å². The van der Waals surface area contributed by atoms with Gasteiger partial charge in [0.1, 0.15) is 0 Å². The van der Waals surface area contributed by atoms with Gasteiger partial charge in [-0.25, -0.2) is 0 Å². The van der Waals surface area contributed by atoms with Crippen molar-refractivity contribution in [2.45, 2.75) is 25.8 Å². The number of para-hydroxylation sites is 1. The number of phenols is 2. The zero-order valence-corrected chi connectivity index (χ0v) is 11.1. The number of carbonyl (C=O) groups excluding carboxylic acids is 1. The Labute approximate surface area is 112 Å². The Morgan fingerprint density at radius 1 is 1.37 bits per heavy atom. The van der Waals surface area contributed by atoms with Crippen LogP contribution in [0.4, 0.5) is 0 Å². The molecular weight excluding hydrogens is 244 g/mol. The van der Waals surface area contributed by atoms with Crippen LogP contribution in [0.1, 0.15) is 30.1 Å². The van der Waals surface area contributed by atoms with Crippen molar-refractivity contribution < 1.29 is 15.0 Å². The Bertz CT molecular complexity index is 456. The van der Waals surface area contributed by atoms with E-state index in [-0.39, 0.29) is 29.0 Å². The van der Waals surface area contributed by atoms with E-state index >= 15 is 0 Å². The highest BCUT2D eigenvalue weighted by atomic mass is 16.3. The zero-order valence-electron chi connectivity index (χ0n) is 11.1. The van der Waals surface area contributed by atoms with E-state index in [1.165, 1.54) is 31.0 Å². The SMILES string of the molecule is CC(CNC(=O)c1cccc(O)c1O)N1CCCC1. The fraction of sp³-hybridized carbons (Fsp3) is 0.500. The summed E-state index contributed by atoms with van der Waals surface area (Å²) in [5.74, 6) is -1.01. The van der Waals surface area contributed by atoms with Gasteiger partial charge in [0.25, 0.3) is 5.91 Å². The normalized spacial score (nSPS) is 17.3. The number of hydrogen-bond donors (Lipinski definition) is 3. The van der Waals surface area contributed by atoms with Gasteiger partial charge in [0.05, 0.1) is 5.56 Å². The summed E-state index contributed by atoms with van der Waals surface area (Å²) in [6.45, 7) is 4.77. The fourth-order valence-corrected chi connectivity index (χ4v) is 2.36. The molecule has 19 heavy (non-hydrogen) atoms. The summed E-state index contributed by atoms with van der Waals surface area (Å²) in [6.07, 6.45) is 2.43. The summed E-state index contributed by atoms with van der Waals surface area (Å²) >= 11 is 0. The van der Waals surface area contributed by atoms with E-state index in [2.05, 4.69) is 17.1 Å². The van der Waals surface area contributed by atoms with E-state index in [0.717, 1.165) is 13.1 Å². The quantitative estimate of drug-likeness (QED) is 0.717. The predicted molar refractivity (Wildman–Crippen MR) is 72.4 cm³/mol. The van der Waals surface area contributed by atoms with Gasteiger partial charge in [-0.2, -0.15) is 0 Å². The predicted octanol–water partition coefficient (Wildman–Crippen LogP) is 1.31. The molecule has 1 aromatic carbocycles. The highest BCUT2D eigenvalue weighted by molar-refractivity contribution is 5.97. The highest BCUT2D eigenvalue weighted by Crippen LogP contribution is 2.27. The van der Waals surface area contributed by atoms with Crippen molar-refractivity contribution in [2.75, 3.05) is 19.6 Å². The number of phenolic OH excluding ortho intramolecular Hbond substituents is 2. The largest absolute Gasteiger partial charge is 0.504 e. The van der Waals surface area contributed by atoms with E-state index in [1.54, 1.807) is 0 Å². The smallest absolute Gasteiger partial charge is 0.255 e. The van der Waals surface area contributed by atoms with Crippen LogP contribution in [0.3, 0.4) is 0 Å². The Kier molecular flexibility index (Phi) is 4.27. The van der Waals surface area contributed by atoms with Crippen molar-refractivity contribution >= 4 is 5.91 Å². The fourth-order valence-electron chi connectivity index (χ4n) is 2.36. The minimum absolute atomic E-state index is 0.105. The average Bonchev–Trinajstić information content (AvgIpc) is 2.93. The zero-order chi connectivity index (χ0) is 13.8. The lowest BCUT2D eigenvalue weighted by Gasteiger charge is -2.23. The summed E-state index contributed by atoms with van der Waals surface area (Å²) in [6, 6.07) is 4.66. The van der Waals surface area contributed by atoms with Gasteiger partial charge in [-0.15, -0.1) is 0 Å². The standard InChI is InChI=1S/C14H20N2O3/c1-10(16-7-2-3-8-16)9-15-14(19)11-5-4-6-12(17)13(11)18/h4-6,10,17-18H,2-3,7-9H2,1H3,(H,15,19). The lowest BCUT2D eigenvalue weighted by atomic mass is 10.1. The molecule has 5 nitrogen and oxygen atoms in total. The lowest BCUT2D eigenvalue weighted by molar-refractivity contribution is 0.0937. The molecule has 1 fully saturated rings. The highest BCUT2D eigenvalue weighted by Gasteiger charge is 2.19. The average molecular weight is 264 g/mol. The first-order valence-electron chi connectivity index (χ1n) is 6.63. The molecule has 3 N–H and O–H groups in total. The molecule has 5 heteroatoms. The maximum absolute atomic E-state index is 11.9. The van der Waals surface area contributed by atoms with E-state index in [9.17, 15) is 15.0 Å². The molecule has 1 aliphatic rings. The number of benzene rings is 1. The third-order valence-electron chi connectivity index (χ3n) is 3.58. The number of amides is 1. The van der Waals surface area contributed by atoms with Crippen molar-refractivity contribution in [2.24, 2.45) is 0 Å². The molecule has 1 aromatic rings. The summed E-state index contributed by atoms with van der Waals surface area (Å²) in [5.41, 5.74) is 0.105. The van der Waals surface area contributed by atoms with Crippen molar-refractivity contribution in [3.05, 3.63) is 23.8 Å². The van der Waals surface area contributed by atoms with Gasteiger partial charge in [-0.1, -0.05) is 6.07 Å². The summed E-state index contributed by atoms with van der Waals surface area (Å²) in [4.78, 5) is 14.3. The molecule has 0 saturated carbocycles. The van der Waals surface area contributed by atoms with Crippen molar-refractivity contribution in [3.63, 3.8) is 0 Å². The maximum Gasteiger partial charge on any atom is 0.255 e. The van der Waals surface area contributed by atoms with Gasteiger partial charge >= 0.3 is 0 Å². The van der Waals surface area contributed by atoms with Crippen LogP contribution in [0, 0.1) is 0 Å². The van der Waals surface area contributed by atoms with Crippen molar-refractivity contribution in [3.8, 4) is 11.5 Å². The molecule has 1 heterocycles. The van der Waals surface area contributed by atoms with E-state index in [1.807, 2.05) is 0 Å². The first-order chi connectivity index (χ1) is 9.09. The second-order valence-electron chi connectivity index (χ2n) is 4.98. The Balaban J connectivity index is 1.92.